The molecule has 0 radical (unpaired) electrons. The van der Waals surface area contributed by atoms with E-state index in [0.29, 0.717) is 23.4 Å². The van der Waals surface area contributed by atoms with Gasteiger partial charge in [0, 0.05) is 13.1 Å². The number of sulfonamides is 1. The number of ether oxygens (including phenoxy) is 1. The van der Waals surface area contributed by atoms with E-state index in [4.69, 9.17) is 4.74 Å². The molecule has 1 N–H and O–H groups in total. The molecule has 1 saturated heterocycles. The van der Waals surface area contributed by atoms with Crippen LogP contribution in [0.5, 0.6) is 5.75 Å². The van der Waals surface area contributed by atoms with Crippen LogP contribution in [0.3, 0.4) is 0 Å². The highest BCUT2D eigenvalue weighted by atomic mass is 32.2. The monoisotopic (exact) mass is 360 g/mol. The maximum absolute atomic E-state index is 12.9. The molecule has 1 unspecified atom stereocenters. The fourth-order valence-electron chi connectivity index (χ4n) is 2.92. The van der Waals surface area contributed by atoms with Crippen LogP contribution in [0.15, 0.2) is 54.6 Å². The number of hydrogen-bond acceptors (Lipinski definition) is 4. The van der Waals surface area contributed by atoms with Crippen LogP contribution in [0.2, 0.25) is 0 Å². The predicted molar refractivity (Wildman–Crippen MR) is 94.5 cm³/mol. The van der Waals surface area contributed by atoms with Crippen molar-refractivity contribution in [2.45, 2.75) is 11.8 Å². The Bertz CT molecular complexity index is 835. The molecule has 25 heavy (non-hydrogen) atoms. The van der Waals surface area contributed by atoms with Crippen LogP contribution in [0, 0.1) is 0 Å². The molecular formula is C18H20N2O4S. The average molecular weight is 360 g/mol. The summed E-state index contributed by atoms with van der Waals surface area (Å²) in [6.07, 6.45) is 0. The third-order valence-corrected chi connectivity index (χ3v) is 5.95. The second kappa shape index (κ2) is 7.25. The van der Waals surface area contributed by atoms with Crippen molar-refractivity contribution in [3.05, 3.63) is 65.7 Å². The average Bonchev–Trinajstić information content (AvgIpc) is 2.62. The summed E-state index contributed by atoms with van der Waals surface area (Å²) in [6, 6.07) is 15.0. The van der Waals surface area contributed by atoms with E-state index >= 15 is 0 Å². The Morgan fingerprint density at radius 2 is 1.80 bits per heavy atom. The highest BCUT2D eigenvalue weighted by Gasteiger charge is 2.38. The molecule has 0 spiro atoms. The zero-order chi connectivity index (χ0) is 17.9. The Morgan fingerprint density at radius 1 is 1.12 bits per heavy atom. The number of nitrogens with one attached hydrogen (secondary N) is 1. The molecule has 0 aliphatic carbocycles. The lowest BCUT2D eigenvalue weighted by Gasteiger charge is -2.34. The number of amides is 1. The molecule has 2 aromatic rings. The van der Waals surface area contributed by atoms with Crippen LogP contribution in [0.25, 0.3) is 0 Å². The summed E-state index contributed by atoms with van der Waals surface area (Å²) >= 11 is 0. The van der Waals surface area contributed by atoms with Gasteiger partial charge in [0.1, 0.15) is 11.8 Å². The Hall–Kier alpha value is -2.38. The van der Waals surface area contributed by atoms with Crippen molar-refractivity contribution in [2.75, 3.05) is 20.2 Å². The van der Waals surface area contributed by atoms with Gasteiger partial charge in [-0.25, -0.2) is 8.42 Å². The van der Waals surface area contributed by atoms with Gasteiger partial charge in [-0.2, -0.15) is 4.31 Å². The van der Waals surface area contributed by atoms with Crippen molar-refractivity contribution >= 4 is 15.9 Å². The largest absolute Gasteiger partial charge is 0.497 e. The number of carbonyl (C=O) groups excluding carboxylic acids is 1. The Balaban J connectivity index is 1.92. The molecule has 2 aromatic carbocycles. The molecule has 0 bridgehead atoms. The van der Waals surface area contributed by atoms with Crippen molar-refractivity contribution in [3.63, 3.8) is 0 Å². The Kier molecular flexibility index (Phi) is 5.06. The van der Waals surface area contributed by atoms with Crippen LogP contribution in [0.4, 0.5) is 0 Å². The molecule has 1 aliphatic heterocycles. The summed E-state index contributed by atoms with van der Waals surface area (Å²) < 4.78 is 32.3. The highest BCUT2D eigenvalue weighted by molar-refractivity contribution is 7.88. The Labute approximate surface area is 147 Å². The van der Waals surface area contributed by atoms with Gasteiger partial charge in [-0.1, -0.05) is 42.5 Å². The van der Waals surface area contributed by atoms with Crippen molar-refractivity contribution in [2.24, 2.45) is 0 Å². The molecule has 1 aliphatic rings. The minimum Gasteiger partial charge on any atom is -0.497 e. The zero-order valence-corrected chi connectivity index (χ0v) is 14.7. The van der Waals surface area contributed by atoms with E-state index in [1.165, 1.54) is 4.31 Å². The highest BCUT2D eigenvalue weighted by Crippen LogP contribution is 2.29. The SMILES string of the molecule is COc1ccc(C2C(=O)NCCN2S(=O)(=O)Cc2ccccc2)cc1. The molecule has 6 nitrogen and oxygen atoms in total. The van der Waals surface area contributed by atoms with E-state index in [9.17, 15) is 13.2 Å². The van der Waals surface area contributed by atoms with E-state index in [0.717, 1.165) is 0 Å². The zero-order valence-electron chi connectivity index (χ0n) is 13.9. The fraction of sp³-hybridized carbons (Fsp3) is 0.278. The molecule has 7 heteroatoms. The summed E-state index contributed by atoms with van der Waals surface area (Å²) in [5, 5.41) is 2.75. The molecule has 0 aromatic heterocycles. The number of nitrogens with zero attached hydrogens (tertiary/aromatic N) is 1. The van der Waals surface area contributed by atoms with Crippen LogP contribution in [0.1, 0.15) is 17.2 Å². The molecule has 1 fully saturated rings. The Morgan fingerprint density at radius 3 is 2.44 bits per heavy atom. The summed E-state index contributed by atoms with van der Waals surface area (Å²) in [5.74, 6) is 0.208. The maximum Gasteiger partial charge on any atom is 0.243 e. The smallest absolute Gasteiger partial charge is 0.243 e. The second-order valence-corrected chi connectivity index (χ2v) is 7.74. The number of carbonyl (C=O) groups is 1. The van der Waals surface area contributed by atoms with E-state index in [-0.39, 0.29) is 18.2 Å². The standard InChI is InChI=1S/C18H20N2O4S/c1-24-16-9-7-15(8-10-16)17-18(21)19-11-12-20(17)25(22,23)13-14-5-3-2-4-6-14/h2-10,17H,11-13H2,1H3,(H,19,21). The molecule has 132 valence electrons. The molecule has 0 saturated carbocycles. The van der Waals surface area contributed by atoms with Crippen molar-refractivity contribution in [1.82, 2.24) is 9.62 Å². The second-order valence-electron chi connectivity index (χ2n) is 5.82. The molecule has 1 atom stereocenters. The number of methoxy groups -OCH3 is 1. The number of benzene rings is 2. The van der Waals surface area contributed by atoms with Crippen LogP contribution in [-0.4, -0.2) is 38.8 Å². The summed E-state index contributed by atoms with van der Waals surface area (Å²) in [4.78, 5) is 12.4. The van der Waals surface area contributed by atoms with E-state index < -0.39 is 16.1 Å². The summed E-state index contributed by atoms with van der Waals surface area (Å²) in [7, 11) is -2.09. The first-order valence-corrected chi connectivity index (χ1v) is 9.57. The van der Waals surface area contributed by atoms with Gasteiger partial charge in [-0.05, 0) is 23.3 Å². The summed E-state index contributed by atoms with van der Waals surface area (Å²) in [5.41, 5.74) is 1.32. The van der Waals surface area contributed by atoms with Gasteiger partial charge in [0.2, 0.25) is 15.9 Å². The quantitative estimate of drug-likeness (QED) is 0.881. The normalized spacial score (nSPS) is 18.6. The molecule has 1 amide bonds. The lowest BCUT2D eigenvalue weighted by atomic mass is 10.0. The van der Waals surface area contributed by atoms with Gasteiger partial charge in [0.15, 0.2) is 0 Å². The third-order valence-electron chi connectivity index (χ3n) is 4.15. The number of rotatable bonds is 5. The van der Waals surface area contributed by atoms with Crippen molar-refractivity contribution in [3.8, 4) is 5.75 Å². The molecular weight excluding hydrogens is 340 g/mol. The van der Waals surface area contributed by atoms with Gasteiger partial charge in [0.25, 0.3) is 0 Å². The van der Waals surface area contributed by atoms with Gasteiger partial charge < -0.3 is 10.1 Å². The van der Waals surface area contributed by atoms with E-state index in [1.54, 1.807) is 55.6 Å². The molecule has 1 heterocycles. The van der Waals surface area contributed by atoms with Gasteiger partial charge in [0.05, 0.1) is 12.9 Å². The number of piperazine rings is 1. The van der Waals surface area contributed by atoms with Gasteiger partial charge >= 0.3 is 0 Å². The van der Waals surface area contributed by atoms with Crippen LogP contribution in [-0.2, 0) is 20.6 Å². The topological polar surface area (TPSA) is 75.7 Å². The van der Waals surface area contributed by atoms with Crippen LogP contribution < -0.4 is 10.1 Å². The lowest BCUT2D eigenvalue weighted by Crippen LogP contribution is -2.52. The third kappa shape index (κ3) is 3.83. The first kappa shape index (κ1) is 17.4. The van der Waals surface area contributed by atoms with Gasteiger partial charge in [-0.15, -0.1) is 0 Å². The summed E-state index contributed by atoms with van der Waals surface area (Å²) in [6.45, 7) is 0.553. The van der Waals surface area contributed by atoms with Crippen LogP contribution >= 0.6 is 0 Å². The van der Waals surface area contributed by atoms with Crippen molar-refractivity contribution < 1.29 is 17.9 Å². The van der Waals surface area contributed by atoms with Crippen molar-refractivity contribution in [1.29, 1.82) is 0 Å². The molecule has 3 rings (SSSR count). The number of hydrogen-bond donors (Lipinski definition) is 1. The predicted octanol–water partition coefficient (Wildman–Crippen LogP) is 1.70. The minimum absolute atomic E-state index is 0.131. The maximum atomic E-state index is 12.9. The first-order chi connectivity index (χ1) is 12.0. The first-order valence-electron chi connectivity index (χ1n) is 7.96. The van der Waals surface area contributed by atoms with E-state index in [1.807, 2.05) is 6.07 Å². The van der Waals surface area contributed by atoms with Gasteiger partial charge in [-0.3, -0.25) is 4.79 Å². The fourth-order valence-corrected chi connectivity index (χ4v) is 4.60. The van der Waals surface area contributed by atoms with E-state index in [2.05, 4.69) is 5.32 Å². The minimum atomic E-state index is -3.64. The lowest BCUT2D eigenvalue weighted by molar-refractivity contribution is -0.126.